The second-order valence-electron chi connectivity index (χ2n) is 7.00. The van der Waals surface area contributed by atoms with Gasteiger partial charge in [0.1, 0.15) is 5.82 Å². The molecule has 3 rings (SSSR count). The third kappa shape index (κ3) is 2.50. The minimum Gasteiger partial charge on any atom is -0.370 e. The number of hydrogen-bond acceptors (Lipinski definition) is 3. The van der Waals surface area contributed by atoms with Crippen molar-refractivity contribution in [2.24, 2.45) is 5.92 Å². The summed E-state index contributed by atoms with van der Waals surface area (Å²) in [6.45, 7) is 10.1. The Balaban J connectivity index is 1.88. The van der Waals surface area contributed by atoms with Crippen LogP contribution < -0.4 is 10.6 Å². The van der Waals surface area contributed by atoms with Crippen molar-refractivity contribution in [3.8, 4) is 0 Å². The molecule has 0 spiro atoms. The first-order valence-corrected chi connectivity index (χ1v) is 7.60. The van der Waals surface area contributed by atoms with Gasteiger partial charge in [-0.15, -0.1) is 0 Å². The number of anilines is 1. The molecule has 4 nitrogen and oxygen atoms in total. The minimum atomic E-state index is 0.126. The number of rotatable bonds is 1. The Hall–Kier alpha value is -1.03. The molecule has 3 heterocycles. The monoisotopic (exact) mass is 262 g/mol. The van der Waals surface area contributed by atoms with Crippen LogP contribution in [-0.4, -0.2) is 29.4 Å². The molecule has 1 aromatic heterocycles. The van der Waals surface area contributed by atoms with Gasteiger partial charge in [-0.3, -0.25) is 0 Å². The number of fused-ring (bicyclic) bond motifs is 1. The molecule has 0 radical (unpaired) electrons. The summed E-state index contributed by atoms with van der Waals surface area (Å²) in [6, 6.07) is 2.81. The van der Waals surface area contributed by atoms with Gasteiger partial charge in [-0.2, -0.15) is 5.10 Å². The smallest absolute Gasteiger partial charge is 0.124 e. The largest absolute Gasteiger partial charge is 0.370 e. The minimum absolute atomic E-state index is 0.126. The van der Waals surface area contributed by atoms with Gasteiger partial charge in [0.15, 0.2) is 0 Å². The summed E-state index contributed by atoms with van der Waals surface area (Å²) in [5.41, 5.74) is 1.33. The van der Waals surface area contributed by atoms with E-state index in [4.69, 9.17) is 5.10 Å². The summed E-state index contributed by atoms with van der Waals surface area (Å²) in [5, 5.41) is 11.9. The fraction of sp³-hybridized carbons (Fsp3) is 0.800. The molecule has 0 amide bonds. The molecule has 1 aromatic rings. The van der Waals surface area contributed by atoms with Crippen molar-refractivity contribution >= 4 is 5.82 Å². The van der Waals surface area contributed by atoms with Crippen LogP contribution in [0.5, 0.6) is 0 Å². The van der Waals surface area contributed by atoms with Crippen LogP contribution in [0.2, 0.25) is 0 Å². The third-order valence-corrected chi connectivity index (χ3v) is 4.44. The Morgan fingerprint density at radius 2 is 2.11 bits per heavy atom. The van der Waals surface area contributed by atoms with Crippen LogP contribution in [0.3, 0.4) is 0 Å². The highest BCUT2D eigenvalue weighted by Crippen LogP contribution is 2.35. The molecule has 0 aliphatic carbocycles. The fourth-order valence-electron chi connectivity index (χ4n) is 3.26. The van der Waals surface area contributed by atoms with Crippen molar-refractivity contribution in [2.45, 2.75) is 51.5 Å². The Morgan fingerprint density at radius 1 is 1.26 bits per heavy atom. The van der Waals surface area contributed by atoms with Gasteiger partial charge in [0.25, 0.3) is 0 Å². The summed E-state index contributed by atoms with van der Waals surface area (Å²) < 4.78 is 2.27. The lowest BCUT2D eigenvalue weighted by Gasteiger charge is -2.34. The van der Waals surface area contributed by atoms with E-state index in [9.17, 15) is 0 Å². The molecular formula is C15H26N4. The first-order valence-electron chi connectivity index (χ1n) is 7.60. The number of piperidine rings is 1. The summed E-state index contributed by atoms with van der Waals surface area (Å²) >= 11 is 0. The Labute approximate surface area is 116 Å². The predicted molar refractivity (Wildman–Crippen MR) is 78.7 cm³/mol. The van der Waals surface area contributed by atoms with E-state index in [1.807, 2.05) is 0 Å². The second kappa shape index (κ2) is 4.82. The first-order chi connectivity index (χ1) is 9.05. The molecule has 0 aromatic carbocycles. The van der Waals surface area contributed by atoms with Gasteiger partial charge >= 0.3 is 0 Å². The van der Waals surface area contributed by atoms with Crippen molar-refractivity contribution < 1.29 is 0 Å². The topological polar surface area (TPSA) is 41.9 Å². The zero-order valence-electron chi connectivity index (χ0n) is 12.4. The zero-order chi connectivity index (χ0) is 13.5. The summed E-state index contributed by atoms with van der Waals surface area (Å²) in [7, 11) is 0. The van der Waals surface area contributed by atoms with E-state index in [0.717, 1.165) is 19.0 Å². The quantitative estimate of drug-likeness (QED) is 0.817. The highest BCUT2D eigenvalue weighted by molar-refractivity contribution is 5.41. The van der Waals surface area contributed by atoms with Crippen LogP contribution in [0.1, 0.15) is 51.8 Å². The molecule has 106 valence electrons. The summed E-state index contributed by atoms with van der Waals surface area (Å²) in [5.74, 6) is 1.95. The number of aromatic nitrogens is 2. The van der Waals surface area contributed by atoms with Crippen LogP contribution >= 0.6 is 0 Å². The van der Waals surface area contributed by atoms with E-state index in [-0.39, 0.29) is 5.41 Å². The van der Waals surface area contributed by atoms with Crippen molar-refractivity contribution in [2.75, 3.05) is 25.0 Å². The van der Waals surface area contributed by atoms with Gasteiger partial charge < -0.3 is 10.6 Å². The highest BCUT2D eigenvalue weighted by Gasteiger charge is 2.31. The molecule has 2 atom stereocenters. The van der Waals surface area contributed by atoms with E-state index < -0.39 is 0 Å². The van der Waals surface area contributed by atoms with Crippen LogP contribution in [0.4, 0.5) is 5.82 Å². The zero-order valence-corrected chi connectivity index (χ0v) is 12.4. The molecule has 19 heavy (non-hydrogen) atoms. The van der Waals surface area contributed by atoms with E-state index in [0.29, 0.717) is 6.04 Å². The molecule has 1 fully saturated rings. The highest BCUT2D eigenvalue weighted by atomic mass is 15.4. The van der Waals surface area contributed by atoms with Gasteiger partial charge in [-0.05, 0) is 38.3 Å². The fourth-order valence-corrected chi connectivity index (χ4v) is 3.26. The average molecular weight is 262 g/mol. The van der Waals surface area contributed by atoms with Crippen molar-refractivity contribution in [3.63, 3.8) is 0 Å². The standard InChI is InChI=1S/C15H26N4/c1-15(2,3)13-9-14-17-8-6-12(19(14)18-13)11-5-4-7-16-10-11/h9,11-12,16-17H,4-8,10H2,1-3H3. The van der Waals surface area contributed by atoms with Crippen LogP contribution in [0.15, 0.2) is 6.07 Å². The Bertz CT molecular complexity index is 437. The van der Waals surface area contributed by atoms with E-state index in [1.165, 1.54) is 37.3 Å². The average Bonchev–Trinajstić information content (AvgIpc) is 2.83. The first kappa shape index (κ1) is 13.0. The van der Waals surface area contributed by atoms with Crippen molar-refractivity contribution in [1.82, 2.24) is 15.1 Å². The molecule has 1 saturated heterocycles. The van der Waals surface area contributed by atoms with Crippen LogP contribution in [-0.2, 0) is 5.41 Å². The van der Waals surface area contributed by atoms with Gasteiger partial charge in [-0.25, -0.2) is 4.68 Å². The molecule has 0 saturated carbocycles. The molecule has 2 aliphatic heterocycles. The lowest BCUT2D eigenvalue weighted by Crippen LogP contribution is -2.38. The molecule has 0 bridgehead atoms. The van der Waals surface area contributed by atoms with Crippen LogP contribution in [0, 0.1) is 5.92 Å². The molecular weight excluding hydrogens is 236 g/mol. The van der Waals surface area contributed by atoms with Gasteiger partial charge in [-0.1, -0.05) is 20.8 Å². The van der Waals surface area contributed by atoms with Gasteiger partial charge in [0.2, 0.25) is 0 Å². The number of nitrogens with zero attached hydrogens (tertiary/aromatic N) is 2. The Kier molecular flexibility index (Phi) is 3.29. The number of hydrogen-bond donors (Lipinski definition) is 2. The van der Waals surface area contributed by atoms with E-state index >= 15 is 0 Å². The second-order valence-corrected chi connectivity index (χ2v) is 7.00. The normalized spacial score (nSPS) is 27.7. The van der Waals surface area contributed by atoms with Gasteiger partial charge in [0.05, 0.1) is 11.7 Å². The molecule has 2 N–H and O–H groups in total. The summed E-state index contributed by atoms with van der Waals surface area (Å²) in [4.78, 5) is 0. The molecule has 4 heteroatoms. The van der Waals surface area contributed by atoms with Crippen LogP contribution in [0.25, 0.3) is 0 Å². The van der Waals surface area contributed by atoms with E-state index in [1.54, 1.807) is 0 Å². The summed E-state index contributed by atoms with van der Waals surface area (Å²) in [6.07, 6.45) is 3.84. The maximum Gasteiger partial charge on any atom is 0.124 e. The molecule has 2 unspecified atom stereocenters. The SMILES string of the molecule is CC(C)(C)c1cc2n(n1)C(C1CCCNC1)CCN2. The van der Waals surface area contributed by atoms with Crippen molar-refractivity contribution in [3.05, 3.63) is 11.8 Å². The lowest BCUT2D eigenvalue weighted by atomic mass is 9.89. The lowest BCUT2D eigenvalue weighted by molar-refractivity contribution is 0.234. The maximum atomic E-state index is 4.91. The third-order valence-electron chi connectivity index (χ3n) is 4.44. The Morgan fingerprint density at radius 3 is 2.79 bits per heavy atom. The van der Waals surface area contributed by atoms with E-state index in [2.05, 4.69) is 42.2 Å². The predicted octanol–water partition coefficient (Wildman–Crippen LogP) is 2.54. The number of nitrogens with one attached hydrogen (secondary N) is 2. The molecule has 2 aliphatic rings. The van der Waals surface area contributed by atoms with Gasteiger partial charge in [0, 0.05) is 18.0 Å². The van der Waals surface area contributed by atoms with Crippen molar-refractivity contribution in [1.29, 1.82) is 0 Å². The maximum absolute atomic E-state index is 4.91.